The van der Waals surface area contributed by atoms with Gasteiger partial charge in [0.15, 0.2) is 0 Å². The van der Waals surface area contributed by atoms with E-state index in [1.165, 1.54) is 11.6 Å². The maximum absolute atomic E-state index is 13.7. The monoisotopic (exact) mass is 440 g/mol. The van der Waals surface area contributed by atoms with Crippen molar-refractivity contribution in [3.63, 3.8) is 0 Å². The van der Waals surface area contributed by atoms with Gasteiger partial charge in [0.1, 0.15) is 17.3 Å². The highest BCUT2D eigenvalue weighted by Crippen LogP contribution is 2.35. The number of ether oxygens (including phenoxy) is 1. The van der Waals surface area contributed by atoms with E-state index >= 15 is 0 Å². The summed E-state index contributed by atoms with van der Waals surface area (Å²) in [5.41, 5.74) is 8.22. The highest BCUT2D eigenvalue weighted by molar-refractivity contribution is 6.08. The Kier molecular flexibility index (Phi) is 5.80. The van der Waals surface area contributed by atoms with Gasteiger partial charge in [0, 0.05) is 23.5 Å². The highest BCUT2D eigenvalue weighted by atomic mass is 19.1. The number of halogens is 1. The number of amides is 1. The lowest BCUT2D eigenvalue weighted by Gasteiger charge is -2.25. The fourth-order valence-electron chi connectivity index (χ4n) is 4.71. The van der Waals surface area contributed by atoms with Crippen molar-refractivity contribution < 1.29 is 13.9 Å². The van der Waals surface area contributed by atoms with E-state index < -0.39 is 5.91 Å². The number of fused-ring (bicyclic) bond motifs is 1. The van der Waals surface area contributed by atoms with Crippen molar-refractivity contribution in [2.75, 3.05) is 6.54 Å². The largest absolute Gasteiger partial charge is 0.457 e. The maximum Gasteiger partial charge on any atom is 0.249 e. The molecule has 1 heterocycles. The second kappa shape index (κ2) is 9.04. The van der Waals surface area contributed by atoms with Crippen LogP contribution in [-0.4, -0.2) is 17.4 Å². The molecule has 0 bridgehead atoms. The van der Waals surface area contributed by atoms with Gasteiger partial charge in [0.2, 0.25) is 5.91 Å². The van der Waals surface area contributed by atoms with Gasteiger partial charge in [0.05, 0.1) is 0 Å². The molecule has 5 rings (SSSR count). The van der Waals surface area contributed by atoms with Gasteiger partial charge in [0.25, 0.3) is 0 Å². The minimum absolute atomic E-state index is 0.183. The van der Waals surface area contributed by atoms with Crippen molar-refractivity contribution in [1.29, 1.82) is 0 Å². The average Bonchev–Trinajstić information content (AvgIpc) is 3.28. The fraction of sp³-hybridized carbons (Fsp3) is 0.179. The molecule has 0 saturated carbocycles. The summed E-state index contributed by atoms with van der Waals surface area (Å²) in [5, 5.41) is 1.62. The predicted molar refractivity (Wildman–Crippen MR) is 128 cm³/mol. The second-order valence-corrected chi connectivity index (χ2v) is 8.45. The van der Waals surface area contributed by atoms with Gasteiger partial charge in [-0.1, -0.05) is 48.5 Å². The van der Waals surface area contributed by atoms with Crippen LogP contribution in [0.3, 0.4) is 0 Å². The van der Waals surface area contributed by atoms with Crippen LogP contribution in [0.5, 0.6) is 11.5 Å². The fourth-order valence-corrected chi connectivity index (χ4v) is 4.71. The number of rotatable bonds is 6. The van der Waals surface area contributed by atoms with Crippen LogP contribution in [0.1, 0.15) is 40.4 Å². The van der Waals surface area contributed by atoms with E-state index in [9.17, 15) is 9.18 Å². The number of likely N-dealkylation sites (tertiary alicyclic amines) is 1. The zero-order chi connectivity index (χ0) is 22.8. The third-order valence-corrected chi connectivity index (χ3v) is 6.28. The van der Waals surface area contributed by atoms with Gasteiger partial charge in [-0.15, -0.1) is 0 Å². The molecule has 4 aromatic rings. The lowest BCUT2D eigenvalue weighted by atomic mass is 10.0. The van der Waals surface area contributed by atoms with Crippen molar-refractivity contribution in [2.45, 2.75) is 25.4 Å². The third kappa shape index (κ3) is 4.45. The summed E-state index contributed by atoms with van der Waals surface area (Å²) in [5.74, 6) is 0.755. The number of hydrogen-bond acceptors (Lipinski definition) is 3. The normalized spacial score (nSPS) is 16.2. The van der Waals surface area contributed by atoms with Gasteiger partial charge in [-0.25, -0.2) is 4.39 Å². The molecule has 1 fully saturated rings. The van der Waals surface area contributed by atoms with E-state index in [1.54, 1.807) is 24.3 Å². The van der Waals surface area contributed by atoms with Crippen molar-refractivity contribution >= 4 is 16.7 Å². The van der Waals surface area contributed by atoms with Crippen LogP contribution in [0.2, 0.25) is 0 Å². The van der Waals surface area contributed by atoms with Crippen LogP contribution >= 0.6 is 0 Å². The molecule has 4 aromatic carbocycles. The molecule has 33 heavy (non-hydrogen) atoms. The van der Waals surface area contributed by atoms with Crippen LogP contribution in [0.4, 0.5) is 4.39 Å². The number of hydrogen-bond donors (Lipinski definition) is 1. The molecule has 1 aliphatic rings. The first-order chi connectivity index (χ1) is 16.1. The van der Waals surface area contributed by atoms with E-state index in [-0.39, 0.29) is 11.9 Å². The van der Waals surface area contributed by atoms with Crippen molar-refractivity contribution in [3.8, 4) is 11.5 Å². The Bertz CT molecular complexity index is 1300. The zero-order valence-electron chi connectivity index (χ0n) is 18.2. The van der Waals surface area contributed by atoms with Crippen LogP contribution in [0.25, 0.3) is 10.8 Å². The Labute approximate surface area is 192 Å². The molecular weight excluding hydrogens is 415 g/mol. The van der Waals surface area contributed by atoms with Gasteiger partial charge in [-0.3, -0.25) is 9.69 Å². The Balaban J connectivity index is 1.32. The number of nitrogens with zero attached hydrogens (tertiary/aromatic N) is 1. The molecule has 1 unspecified atom stereocenters. The van der Waals surface area contributed by atoms with Gasteiger partial charge in [-0.05, 0) is 72.3 Å². The predicted octanol–water partition coefficient (Wildman–Crippen LogP) is 6.21. The molecule has 0 spiro atoms. The molecule has 0 aromatic heterocycles. The van der Waals surface area contributed by atoms with Crippen LogP contribution in [-0.2, 0) is 6.54 Å². The molecule has 4 nitrogen and oxygen atoms in total. The summed E-state index contributed by atoms with van der Waals surface area (Å²) in [7, 11) is 0. The number of carbonyl (C=O) groups excluding carboxylic acids is 1. The smallest absolute Gasteiger partial charge is 0.249 e. The van der Waals surface area contributed by atoms with Gasteiger partial charge < -0.3 is 10.5 Å². The minimum Gasteiger partial charge on any atom is -0.457 e. The molecule has 1 aliphatic heterocycles. The van der Waals surface area contributed by atoms with Crippen LogP contribution < -0.4 is 10.5 Å². The topological polar surface area (TPSA) is 55.6 Å². The molecular formula is C28H25FN2O2. The first-order valence-corrected chi connectivity index (χ1v) is 11.2. The quantitative estimate of drug-likeness (QED) is 0.388. The first kappa shape index (κ1) is 21.2. The number of nitrogens with two attached hydrogens (primary N) is 1. The lowest BCUT2D eigenvalue weighted by molar-refractivity contribution is 0.100. The molecule has 5 heteroatoms. The molecule has 0 radical (unpaired) electrons. The lowest BCUT2D eigenvalue weighted by Crippen LogP contribution is -2.22. The molecule has 2 N–H and O–H groups in total. The average molecular weight is 441 g/mol. The first-order valence-electron chi connectivity index (χ1n) is 11.2. The van der Waals surface area contributed by atoms with Gasteiger partial charge >= 0.3 is 0 Å². The van der Waals surface area contributed by atoms with Crippen LogP contribution in [0.15, 0.2) is 84.9 Å². The Morgan fingerprint density at radius 3 is 2.52 bits per heavy atom. The molecule has 0 aliphatic carbocycles. The van der Waals surface area contributed by atoms with Crippen molar-refractivity contribution in [1.82, 2.24) is 4.90 Å². The SMILES string of the molecule is NC(=O)c1ccc(Oc2ccc(CN3CCCC3c3cccc(F)c3)cc2)c2ccccc12. The second-order valence-electron chi connectivity index (χ2n) is 8.45. The molecule has 166 valence electrons. The summed E-state index contributed by atoms with van der Waals surface area (Å²) < 4.78 is 19.8. The Hall–Kier alpha value is -3.70. The van der Waals surface area contributed by atoms with Crippen LogP contribution in [0, 0.1) is 5.82 Å². The van der Waals surface area contributed by atoms with Crippen molar-refractivity contribution in [2.24, 2.45) is 5.73 Å². The third-order valence-electron chi connectivity index (χ3n) is 6.28. The van der Waals surface area contributed by atoms with E-state index in [0.29, 0.717) is 11.3 Å². The highest BCUT2D eigenvalue weighted by Gasteiger charge is 2.26. The maximum atomic E-state index is 13.7. The van der Waals surface area contributed by atoms with Crippen molar-refractivity contribution in [3.05, 3.63) is 107 Å². The summed E-state index contributed by atoms with van der Waals surface area (Å²) >= 11 is 0. The number of primary amides is 1. The van der Waals surface area contributed by atoms with E-state index in [0.717, 1.165) is 48.0 Å². The Morgan fingerprint density at radius 1 is 0.970 bits per heavy atom. The summed E-state index contributed by atoms with van der Waals surface area (Å²) in [4.78, 5) is 14.2. The summed E-state index contributed by atoms with van der Waals surface area (Å²) in [6, 6.07) is 26.3. The van der Waals surface area contributed by atoms with E-state index in [1.807, 2.05) is 42.5 Å². The van der Waals surface area contributed by atoms with E-state index in [2.05, 4.69) is 17.0 Å². The number of carbonyl (C=O) groups is 1. The van der Waals surface area contributed by atoms with E-state index in [4.69, 9.17) is 10.5 Å². The number of benzene rings is 4. The zero-order valence-corrected chi connectivity index (χ0v) is 18.2. The Morgan fingerprint density at radius 2 is 1.76 bits per heavy atom. The molecule has 1 amide bonds. The van der Waals surface area contributed by atoms with Gasteiger partial charge in [-0.2, -0.15) is 0 Å². The minimum atomic E-state index is -0.458. The molecule has 1 saturated heterocycles. The summed E-state index contributed by atoms with van der Waals surface area (Å²) in [6.07, 6.45) is 2.15. The standard InChI is InChI=1S/C28H25FN2O2/c29-21-6-3-5-20(17-21)26-9-4-16-31(26)18-19-10-12-22(13-11-19)33-27-15-14-25(28(30)32)23-7-1-2-8-24(23)27/h1-3,5-8,10-15,17,26H,4,9,16,18H2,(H2,30,32). The summed E-state index contributed by atoms with van der Waals surface area (Å²) in [6.45, 7) is 1.80. The molecule has 1 atom stereocenters.